The number of rotatable bonds is 3. The molecule has 11 heavy (non-hydrogen) atoms. The van der Waals surface area contributed by atoms with Crippen molar-refractivity contribution in [3.05, 3.63) is 10.6 Å². The van der Waals surface area contributed by atoms with Gasteiger partial charge in [-0.05, 0) is 20.1 Å². The van der Waals surface area contributed by atoms with Gasteiger partial charge in [-0.15, -0.1) is 11.8 Å². The summed E-state index contributed by atoms with van der Waals surface area (Å²) in [5.41, 5.74) is 5.65. The van der Waals surface area contributed by atoms with Crippen molar-refractivity contribution in [2.75, 3.05) is 12.9 Å². The molecule has 0 saturated carbocycles. The van der Waals surface area contributed by atoms with E-state index in [1.165, 1.54) is 11.8 Å². The summed E-state index contributed by atoms with van der Waals surface area (Å²) in [5, 5.41) is 0. The van der Waals surface area contributed by atoms with E-state index in [1.54, 1.807) is 13.8 Å². The van der Waals surface area contributed by atoms with Crippen LogP contribution in [0.5, 0.6) is 0 Å². The first-order valence-corrected chi connectivity index (χ1v) is 4.53. The second kappa shape index (κ2) is 5.07. The van der Waals surface area contributed by atoms with Gasteiger partial charge in [0.05, 0.1) is 6.61 Å². The Kier molecular flexibility index (Phi) is 4.77. The second-order valence-electron chi connectivity index (χ2n) is 1.89. The van der Waals surface area contributed by atoms with E-state index >= 15 is 0 Å². The lowest BCUT2D eigenvalue weighted by Gasteiger charge is -2.03. The molecule has 0 saturated heterocycles. The van der Waals surface area contributed by atoms with Gasteiger partial charge in [0, 0.05) is 4.91 Å². The maximum Gasteiger partial charge on any atom is 0.354 e. The molecular formula is C7H13NO2S. The van der Waals surface area contributed by atoms with Crippen LogP contribution < -0.4 is 5.73 Å². The standard InChI is InChI=1S/C7H13NO2S/c1-4-10-7(9)6(8)5(2)11-3/h4,8H2,1-3H3. The predicted molar refractivity (Wildman–Crippen MR) is 47.0 cm³/mol. The third kappa shape index (κ3) is 3.32. The molecule has 0 aliphatic rings. The number of hydrogen-bond acceptors (Lipinski definition) is 4. The maximum absolute atomic E-state index is 10.9. The molecule has 0 bridgehead atoms. The number of allylic oxidation sites excluding steroid dienone is 1. The van der Waals surface area contributed by atoms with E-state index in [0.29, 0.717) is 6.61 Å². The highest BCUT2D eigenvalue weighted by Gasteiger charge is 2.08. The van der Waals surface area contributed by atoms with Crippen molar-refractivity contribution >= 4 is 17.7 Å². The van der Waals surface area contributed by atoms with E-state index in [2.05, 4.69) is 0 Å². The highest BCUT2D eigenvalue weighted by atomic mass is 32.2. The first-order valence-electron chi connectivity index (χ1n) is 3.31. The lowest BCUT2D eigenvalue weighted by Crippen LogP contribution is -2.15. The molecule has 0 rings (SSSR count). The molecule has 0 amide bonds. The van der Waals surface area contributed by atoms with Crippen LogP contribution in [0.3, 0.4) is 0 Å². The fraction of sp³-hybridized carbons (Fsp3) is 0.571. The predicted octanol–water partition coefficient (Wildman–Crippen LogP) is 1.10. The van der Waals surface area contributed by atoms with E-state index in [1.807, 2.05) is 6.26 Å². The van der Waals surface area contributed by atoms with Crippen molar-refractivity contribution in [3.8, 4) is 0 Å². The Hall–Kier alpha value is -0.640. The fourth-order valence-corrected chi connectivity index (χ4v) is 0.766. The number of ether oxygens (including phenoxy) is 1. The summed E-state index contributed by atoms with van der Waals surface area (Å²) < 4.78 is 4.69. The average Bonchev–Trinajstić information content (AvgIpc) is 2.02. The van der Waals surface area contributed by atoms with Gasteiger partial charge in [0.15, 0.2) is 0 Å². The summed E-state index contributed by atoms with van der Waals surface area (Å²) in [6.07, 6.45) is 1.86. The van der Waals surface area contributed by atoms with Crippen molar-refractivity contribution in [2.24, 2.45) is 5.73 Å². The van der Waals surface area contributed by atoms with Crippen LogP contribution in [0.15, 0.2) is 10.6 Å². The molecule has 64 valence electrons. The number of thioether (sulfide) groups is 1. The van der Waals surface area contributed by atoms with Crippen molar-refractivity contribution < 1.29 is 9.53 Å². The largest absolute Gasteiger partial charge is 0.461 e. The van der Waals surface area contributed by atoms with Crippen LogP contribution in [0.25, 0.3) is 0 Å². The number of nitrogens with two attached hydrogens (primary N) is 1. The molecule has 0 spiro atoms. The summed E-state index contributed by atoms with van der Waals surface area (Å²) in [6.45, 7) is 3.90. The van der Waals surface area contributed by atoms with Gasteiger partial charge in [0.1, 0.15) is 5.70 Å². The van der Waals surface area contributed by atoms with Gasteiger partial charge in [-0.2, -0.15) is 0 Å². The monoisotopic (exact) mass is 175 g/mol. The summed E-state index contributed by atoms with van der Waals surface area (Å²) in [6, 6.07) is 0. The Balaban J connectivity index is 4.22. The number of carbonyl (C=O) groups is 1. The van der Waals surface area contributed by atoms with Gasteiger partial charge in [0.2, 0.25) is 0 Å². The average molecular weight is 175 g/mol. The van der Waals surface area contributed by atoms with E-state index in [9.17, 15) is 4.79 Å². The van der Waals surface area contributed by atoms with E-state index in [-0.39, 0.29) is 5.70 Å². The van der Waals surface area contributed by atoms with Crippen LogP contribution in [0, 0.1) is 0 Å². The molecule has 0 atom stereocenters. The van der Waals surface area contributed by atoms with E-state index in [4.69, 9.17) is 10.5 Å². The van der Waals surface area contributed by atoms with Gasteiger partial charge in [-0.1, -0.05) is 0 Å². The smallest absolute Gasteiger partial charge is 0.354 e. The highest BCUT2D eigenvalue weighted by molar-refractivity contribution is 8.02. The minimum Gasteiger partial charge on any atom is -0.461 e. The maximum atomic E-state index is 10.9. The minimum absolute atomic E-state index is 0.208. The summed E-state index contributed by atoms with van der Waals surface area (Å²) in [7, 11) is 0. The Morgan fingerprint density at radius 3 is 2.55 bits per heavy atom. The molecule has 0 aromatic rings. The molecule has 0 aliphatic heterocycles. The summed E-state index contributed by atoms with van der Waals surface area (Å²) in [4.78, 5) is 11.7. The van der Waals surface area contributed by atoms with Gasteiger partial charge < -0.3 is 10.5 Å². The van der Waals surface area contributed by atoms with Crippen LogP contribution >= 0.6 is 11.8 Å². The first kappa shape index (κ1) is 10.4. The summed E-state index contributed by atoms with van der Waals surface area (Å²) in [5.74, 6) is -0.431. The highest BCUT2D eigenvalue weighted by Crippen LogP contribution is 2.12. The molecule has 0 aromatic heterocycles. The van der Waals surface area contributed by atoms with Crippen LogP contribution in [0.4, 0.5) is 0 Å². The Morgan fingerprint density at radius 1 is 1.64 bits per heavy atom. The third-order valence-electron chi connectivity index (χ3n) is 1.18. The second-order valence-corrected chi connectivity index (χ2v) is 2.92. The SMILES string of the molecule is CCOC(=O)C(N)=C(C)SC. The zero-order chi connectivity index (χ0) is 8.85. The van der Waals surface area contributed by atoms with Gasteiger partial charge >= 0.3 is 5.97 Å². The fourth-order valence-electron chi connectivity index (χ4n) is 0.463. The van der Waals surface area contributed by atoms with Crippen molar-refractivity contribution in [1.29, 1.82) is 0 Å². The molecular weight excluding hydrogens is 162 g/mol. The van der Waals surface area contributed by atoms with E-state index < -0.39 is 5.97 Å². The molecule has 3 nitrogen and oxygen atoms in total. The van der Waals surface area contributed by atoms with Gasteiger partial charge in [0.25, 0.3) is 0 Å². The summed E-state index contributed by atoms with van der Waals surface area (Å²) >= 11 is 1.44. The zero-order valence-electron chi connectivity index (χ0n) is 7.01. The number of esters is 1. The van der Waals surface area contributed by atoms with Crippen molar-refractivity contribution in [3.63, 3.8) is 0 Å². The van der Waals surface area contributed by atoms with Gasteiger partial charge in [-0.25, -0.2) is 4.79 Å². The molecule has 0 aromatic carbocycles. The third-order valence-corrected chi connectivity index (χ3v) is 2.01. The molecule has 0 radical (unpaired) electrons. The zero-order valence-corrected chi connectivity index (χ0v) is 7.83. The topological polar surface area (TPSA) is 52.3 Å². The minimum atomic E-state index is -0.431. The number of carbonyl (C=O) groups excluding carboxylic acids is 1. The lowest BCUT2D eigenvalue weighted by molar-refractivity contribution is -0.138. The first-order chi connectivity index (χ1) is 5.13. The molecule has 2 N–H and O–H groups in total. The quantitative estimate of drug-likeness (QED) is 0.515. The molecule has 0 unspecified atom stereocenters. The normalized spacial score (nSPS) is 12.3. The molecule has 0 fully saturated rings. The molecule has 0 aliphatic carbocycles. The van der Waals surface area contributed by atoms with Crippen molar-refractivity contribution in [1.82, 2.24) is 0 Å². The van der Waals surface area contributed by atoms with Crippen LogP contribution in [0.1, 0.15) is 13.8 Å². The Bertz CT molecular complexity index is 177. The molecule has 0 heterocycles. The molecule has 4 heteroatoms. The lowest BCUT2D eigenvalue weighted by atomic mass is 10.4. The van der Waals surface area contributed by atoms with Crippen molar-refractivity contribution in [2.45, 2.75) is 13.8 Å². The van der Waals surface area contributed by atoms with Gasteiger partial charge in [-0.3, -0.25) is 0 Å². The Morgan fingerprint density at radius 2 is 2.18 bits per heavy atom. The van der Waals surface area contributed by atoms with E-state index in [0.717, 1.165) is 4.91 Å². The van der Waals surface area contributed by atoms with Crippen LogP contribution in [-0.4, -0.2) is 18.8 Å². The number of hydrogen-bond donors (Lipinski definition) is 1. The van der Waals surface area contributed by atoms with Crippen LogP contribution in [-0.2, 0) is 9.53 Å². The van der Waals surface area contributed by atoms with Crippen LogP contribution in [0.2, 0.25) is 0 Å². The Labute approximate surface area is 71.0 Å².